The number of nitrogens with one attached hydrogen (secondary N) is 3. The van der Waals surface area contributed by atoms with Gasteiger partial charge >= 0.3 is 0 Å². The lowest BCUT2D eigenvalue weighted by Crippen LogP contribution is -2.41. The molecule has 0 radical (unpaired) electrons. The molecule has 1 unspecified atom stereocenters. The molecule has 0 heterocycles. The van der Waals surface area contributed by atoms with Crippen LogP contribution in [0.4, 0.5) is 0 Å². The van der Waals surface area contributed by atoms with E-state index < -0.39 is 0 Å². The molecule has 2 aromatic rings. The second-order valence-corrected chi connectivity index (χ2v) is 7.53. The third kappa shape index (κ3) is 10.3. The van der Waals surface area contributed by atoms with Gasteiger partial charge in [0, 0.05) is 44.3 Å². The second kappa shape index (κ2) is 15.5. The van der Waals surface area contributed by atoms with E-state index in [1.54, 1.807) is 12.1 Å². The molecule has 2 aromatic carbocycles. The zero-order valence-electron chi connectivity index (χ0n) is 19.2. The van der Waals surface area contributed by atoms with E-state index in [0.29, 0.717) is 24.7 Å². The molecule has 0 spiro atoms. The highest BCUT2D eigenvalue weighted by Gasteiger charge is 2.09. The molecule has 0 bridgehead atoms. The third-order valence-corrected chi connectivity index (χ3v) is 5.02. The van der Waals surface area contributed by atoms with Gasteiger partial charge in [0.1, 0.15) is 5.75 Å². The number of aliphatic imine (C=N–C) groups is 1. The number of nitrogens with zero attached hydrogens (tertiary/aromatic N) is 2. The monoisotopic (exact) mass is 553 g/mol. The van der Waals surface area contributed by atoms with Crippen LogP contribution in [0.25, 0.3) is 0 Å². The van der Waals surface area contributed by atoms with Crippen molar-refractivity contribution in [2.24, 2.45) is 4.99 Å². The average Bonchev–Trinajstić information content (AvgIpc) is 2.77. The van der Waals surface area contributed by atoms with E-state index in [0.717, 1.165) is 32.0 Å². The number of benzene rings is 2. The molecule has 32 heavy (non-hydrogen) atoms. The summed E-state index contributed by atoms with van der Waals surface area (Å²) in [4.78, 5) is 19.1. The Balaban J connectivity index is 0.00000512. The zero-order chi connectivity index (χ0) is 22.5. The first-order chi connectivity index (χ1) is 15.0. The maximum absolute atomic E-state index is 12.1. The predicted octanol–water partition coefficient (Wildman–Crippen LogP) is 3.21. The minimum absolute atomic E-state index is 0. The van der Waals surface area contributed by atoms with Crippen molar-refractivity contribution in [3.05, 3.63) is 65.7 Å². The molecule has 8 heteroatoms. The molecule has 176 valence electrons. The van der Waals surface area contributed by atoms with Crippen molar-refractivity contribution >= 4 is 35.8 Å². The Kier molecular flexibility index (Phi) is 13.4. The fourth-order valence-electron chi connectivity index (χ4n) is 3.02. The van der Waals surface area contributed by atoms with Crippen molar-refractivity contribution in [3.63, 3.8) is 0 Å². The number of aromatic hydroxyl groups is 1. The second-order valence-electron chi connectivity index (χ2n) is 7.53. The Labute approximate surface area is 208 Å². The van der Waals surface area contributed by atoms with Gasteiger partial charge in [-0.2, -0.15) is 0 Å². The van der Waals surface area contributed by atoms with E-state index in [4.69, 9.17) is 0 Å². The summed E-state index contributed by atoms with van der Waals surface area (Å²) < 4.78 is 0. The number of guanidine groups is 1. The Morgan fingerprint density at radius 2 is 1.69 bits per heavy atom. The van der Waals surface area contributed by atoms with Gasteiger partial charge in [-0.15, -0.1) is 24.0 Å². The van der Waals surface area contributed by atoms with E-state index in [2.05, 4.69) is 64.1 Å². The molecule has 0 aliphatic rings. The number of carbonyl (C=O) groups excluding carboxylic acids is 1. The number of halogens is 1. The van der Waals surface area contributed by atoms with Crippen LogP contribution in [0.2, 0.25) is 0 Å². The smallest absolute Gasteiger partial charge is 0.251 e. The number of rotatable bonds is 11. The minimum atomic E-state index is -0.168. The van der Waals surface area contributed by atoms with Crippen LogP contribution in [0.1, 0.15) is 36.2 Å². The highest BCUT2D eigenvalue weighted by atomic mass is 127. The van der Waals surface area contributed by atoms with Crippen LogP contribution in [-0.4, -0.2) is 61.1 Å². The first kappa shape index (κ1) is 27.7. The van der Waals surface area contributed by atoms with Crippen molar-refractivity contribution < 1.29 is 9.90 Å². The van der Waals surface area contributed by atoms with Crippen LogP contribution in [0.5, 0.6) is 5.75 Å². The summed E-state index contributed by atoms with van der Waals surface area (Å²) in [5.41, 5.74) is 1.83. The van der Waals surface area contributed by atoms with E-state index >= 15 is 0 Å². The summed E-state index contributed by atoms with van der Waals surface area (Å²) in [6.07, 6.45) is 0.956. The van der Waals surface area contributed by atoms with Crippen molar-refractivity contribution in [1.29, 1.82) is 0 Å². The Bertz CT molecular complexity index is 815. The van der Waals surface area contributed by atoms with Gasteiger partial charge < -0.3 is 21.1 Å². The lowest BCUT2D eigenvalue weighted by atomic mass is 10.1. The van der Waals surface area contributed by atoms with Crippen molar-refractivity contribution in [2.75, 3.05) is 33.2 Å². The van der Waals surface area contributed by atoms with Crippen molar-refractivity contribution in [1.82, 2.24) is 20.9 Å². The number of hydrogen-bond acceptors (Lipinski definition) is 4. The number of carbonyl (C=O) groups is 1. The Morgan fingerprint density at radius 1 is 1.03 bits per heavy atom. The van der Waals surface area contributed by atoms with Gasteiger partial charge in [-0.25, -0.2) is 0 Å². The van der Waals surface area contributed by atoms with Gasteiger partial charge in [0.2, 0.25) is 0 Å². The molecule has 0 saturated heterocycles. The normalized spacial score (nSPS) is 12.1. The quantitative estimate of drug-likeness (QED) is 0.149. The molecule has 0 aliphatic carbocycles. The fourth-order valence-corrected chi connectivity index (χ4v) is 3.02. The van der Waals surface area contributed by atoms with Gasteiger partial charge in [0.25, 0.3) is 5.91 Å². The van der Waals surface area contributed by atoms with Crippen LogP contribution in [0, 0.1) is 0 Å². The summed E-state index contributed by atoms with van der Waals surface area (Å²) in [5, 5.41) is 18.6. The minimum Gasteiger partial charge on any atom is -0.508 e. The first-order valence-corrected chi connectivity index (χ1v) is 10.8. The molecular formula is C24H36IN5O2. The molecule has 0 fully saturated rings. The van der Waals surface area contributed by atoms with Crippen LogP contribution in [0.15, 0.2) is 59.6 Å². The summed E-state index contributed by atoms with van der Waals surface area (Å²) in [7, 11) is 2.14. The summed E-state index contributed by atoms with van der Waals surface area (Å²) in [6.45, 7) is 7.70. The van der Waals surface area contributed by atoms with E-state index in [9.17, 15) is 9.90 Å². The standard InChI is InChI=1S/C24H35N5O2.HI/c1-4-25-24(28-17-16-26-23(31)21-10-12-22(30)13-11-21)27-15-14-19(2)29(3)18-20-8-6-5-7-9-20;/h5-13,19,30H,4,14-18H2,1-3H3,(H,26,31)(H2,25,27,28);1H. The molecule has 0 aliphatic heterocycles. The van der Waals surface area contributed by atoms with Crippen LogP contribution in [-0.2, 0) is 6.54 Å². The van der Waals surface area contributed by atoms with Gasteiger partial charge in [0.15, 0.2) is 5.96 Å². The molecule has 0 saturated carbocycles. The van der Waals surface area contributed by atoms with Crippen LogP contribution < -0.4 is 16.0 Å². The number of amides is 1. The maximum atomic E-state index is 12.1. The molecule has 4 N–H and O–H groups in total. The molecule has 0 aromatic heterocycles. The predicted molar refractivity (Wildman–Crippen MR) is 142 cm³/mol. The van der Waals surface area contributed by atoms with Crippen molar-refractivity contribution in [2.45, 2.75) is 32.9 Å². The lowest BCUT2D eigenvalue weighted by molar-refractivity contribution is 0.0954. The SMILES string of the molecule is CCNC(=NCCC(C)N(C)Cc1ccccc1)NCCNC(=O)c1ccc(O)cc1.I. The molecule has 2 rings (SSSR count). The Morgan fingerprint density at radius 3 is 2.34 bits per heavy atom. The molecular weight excluding hydrogens is 517 g/mol. The average molecular weight is 553 g/mol. The van der Waals surface area contributed by atoms with Crippen molar-refractivity contribution in [3.8, 4) is 5.75 Å². The third-order valence-electron chi connectivity index (χ3n) is 5.02. The Hall–Kier alpha value is -2.33. The number of hydrogen-bond donors (Lipinski definition) is 4. The lowest BCUT2D eigenvalue weighted by Gasteiger charge is -2.24. The summed E-state index contributed by atoms with van der Waals surface area (Å²) in [6, 6.07) is 17.1. The largest absolute Gasteiger partial charge is 0.508 e. The summed E-state index contributed by atoms with van der Waals surface area (Å²) >= 11 is 0. The maximum Gasteiger partial charge on any atom is 0.251 e. The van der Waals surface area contributed by atoms with E-state index in [1.807, 2.05) is 13.0 Å². The fraction of sp³-hybridized carbons (Fsp3) is 0.417. The van der Waals surface area contributed by atoms with Crippen LogP contribution in [0.3, 0.4) is 0 Å². The first-order valence-electron chi connectivity index (χ1n) is 10.8. The molecule has 1 atom stereocenters. The van der Waals surface area contributed by atoms with Gasteiger partial charge in [-0.1, -0.05) is 30.3 Å². The highest BCUT2D eigenvalue weighted by Crippen LogP contribution is 2.09. The van der Waals surface area contributed by atoms with Gasteiger partial charge in [-0.05, 0) is 57.1 Å². The zero-order valence-corrected chi connectivity index (χ0v) is 21.5. The van der Waals surface area contributed by atoms with Gasteiger partial charge in [-0.3, -0.25) is 14.7 Å². The van der Waals surface area contributed by atoms with Gasteiger partial charge in [0.05, 0.1) is 0 Å². The van der Waals surface area contributed by atoms with E-state index in [-0.39, 0.29) is 35.6 Å². The molecule has 7 nitrogen and oxygen atoms in total. The number of phenolic OH excluding ortho intramolecular Hbond substituents is 1. The summed E-state index contributed by atoms with van der Waals surface area (Å²) in [5.74, 6) is 0.726. The topological polar surface area (TPSA) is 89.0 Å². The molecule has 1 amide bonds. The number of phenols is 1. The van der Waals surface area contributed by atoms with Crippen LogP contribution >= 0.6 is 24.0 Å². The van der Waals surface area contributed by atoms with E-state index in [1.165, 1.54) is 17.7 Å². The highest BCUT2D eigenvalue weighted by molar-refractivity contribution is 14.0.